The molecule has 2 aromatic carbocycles. The van der Waals surface area contributed by atoms with Crippen LogP contribution < -0.4 is 5.32 Å². The molecular weight excluding hydrogens is 338 g/mol. The Balaban J connectivity index is 2.23. The molecule has 2 rings (SSSR count). The summed E-state index contributed by atoms with van der Waals surface area (Å²) in [6, 6.07) is 7.44. The van der Waals surface area contributed by atoms with Crippen molar-refractivity contribution < 1.29 is 18.0 Å². The lowest BCUT2D eigenvalue weighted by molar-refractivity contribution is -0.137. The largest absolute Gasteiger partial charge is 0.416 e. The van der Waals surface area contributed by atoms with Crippen LogP contribution in [0.5, 0.6) is 0 Å². The molecule has 0 unspecified atom stereocenters. The van der Waals surface area contributed by atoms with Gasteiger partial charge in [-0.3, -0.25) is 4.79 Å². The molecule has 116 valence electrons. The molecule has 0 heterocycles. The van der Waals surface area contributed by atoms with E-state index in [2.05, 4.69) is 5.32 Å². The molecule has 0 spiro atoms. The highest BCUT2D eigenvalue weighted by atomic mass is 35.5. The van der Waals surface area contributed by atoms with Gasteiger partial charge in [0.2, 0.25) is 0 Å². The lowest BCUT2D eigenvalue weighted by Gasteiger charge is -2.11. The Labute approximate surface area is 134 Å². The number of aryl methyl sites for hydroxylation is 1. The van der Waals surface area contributed by atoms with E-state index in [0.29, 0.717) is 5.02 Å². The fraction of sp³-hybridized carbons (Fsp3) is 0.133. The normalized spacial score (nSPS) is 11.4. The van der Waals surface area contributed by atoms with E-state index >= 15 is 0 Å². The van der Waals surface area contributed by atoms with Crippen molar-refractivity contribution in [1.82, 2.24) is 0 Å². The molecule has 0 bridgehead atoms. The maximum atomic E-state index is 12.5. The lowest BCUT2D eigenvalue weighted by atomic mass is 10.1. The summed E-state index contributed by atoms with van der Waals surface area (Å²) in [7, 11) is 0. The average Bonchev–Trinajstić information content (AvgIpc) is 2.42. The van der Waals surface area contributed by atoms with Gasteiger partial charge in [-0.05, 0) is 42.8 Å². The smallest absolute Gasteiger partial charge is 0.321 e. The third-order valence-electron chi connectivity index (χ3n) is 2.98. The standard InChI is InChI=1S/C15H10Cl2F3NO/c1-8-2-3-9(6-11(8)16)14(22)21-13-5-4-10(7-12(13)17)15(18,19)20/h2-7H,1H3,(H,21,22). The number of halogens is 5. The molecule has 7 heteroatoms. The summed E-state index contributed by atoms with van der Waals surface area (Å²) in [4.78, 5) is 12.1. The van der Waals surface area contributed by atoms with E-state index in [9.17, 15) is 18.0 Å². The molecule has 2 nitrogen and oxygen atoms in total. The second kappa shape index (κ2) is 6.18. The van der Waals surface area contributed by atoms with Crippen molar-refractivity contribution in [2.24, 2.45) is 0 Å². The summed E-state index contributed by atoms with van der Waals surface area (Å²) in [5.74, 6) is -0.511. The van der Waals surface area contributed by atoms with Crippen molar-refractivity contribution in [2.75, 3.05) is 5.32 Å². The van der Waals surface area contributed by atoms with Crippen molar-refractivity contribution in [1.29, 1.82) is 0 Å². The van der Waals surface area contributed by atoms with Crippen molar-refractivity contribution in [3.8, 4) is 0 Å². The predicted octanol–water partition coefficient (Wildman–Crippen LogP) is 5.57. The minimum Gasteiger partial charge on any atom is -0.321 e. The summed E-state index contributed by atoms with van der Waals surface area (Å²) >= 11 is 11.7. The zero-order chi connectivity index (χ0) is 16.5. The van der Waals surface area contributed by atoms with Crippen LogP contribution in [0.25, 0.3) is 0 Å². The van der Waals surface area contributed by atoms with Gasteiger partial charge < -0.3 is 5.32 Å². The zero-order valence-corrected chi connectivity index (χ0v) is 12.8. The van der Waals surface area contributed by atoms with Crippen LogP contribution in [-0.4, -0.2) is 5.91 Å². The number of alkyl halides is 3. The van der Waals surface area contributed by atoms with Gasteiger partial charge in [-0.2, -0.15) is 13.2 Å². The second-order valence-corrected chi connectivity index (χ2v) is 5.42. The zero-order valence-electron chi connectivity index (χ0n) is 11.3. The molecule has 2 aromatic rings. The highest BCUT2D eigenvalue weighted by molar-refractivity contribution is 6.34. The Morgan fingerprint density at radius 3 is 2.27 bits per heavy atom. The van der Waals surface area contributed by atoms with Gasteiger partial charge in [-0.1, -0.05) is 29.3 Å². The number of rotatable bonds is 2. The van der Waals surface area contributed by atoms with Crippen LogP contribution in [0.1, 0.15) is 21.5 Å². The summed E-state index contributed by atoms with van der Waals surface area (Å²) in [6.45, 7) is 1.79. The molecule has 1 amide bonds. The maximum absolute atomic E-state index is 12.5. The van der Waals surface area contributed by atoms with Gasteiger partial charge in [0, 0.05) is 10.6 Å². The molecule has 0 fully saturated rings. The van der Waals surface area contributed by atoms with E-state index in [4.69, 9.17) is 23.2 Å². The molecule has 22 heavy (non-hydrogen) atoms. The van der Waals surface area contributed by atoms with Crippen molar-refractivity contribution in [3.05, 3.63) is 63.1 Å². The van der Waals surface area contributed by atoms with Gasteiger partial charge in [0.25, 0.3) is 5.91 Å². The lowest BCUT2D eigenvalue weighted by Crippen LogP contribution is -2.13. The van der Waals surface area contributed by atoms with Crippen molar-refractivity contribution >= 4 is 34.8 Å². The van der Waals surface area contributed by atoms with Gasteiger partial charge in [0.15, 0.2) is 0 Å². The molecular formula is C15H10Cl2F3NO. The summed E-state index contributed by atoms with van der Waals surface area (Å²) in [6.07, 6.45) is -4.49. The third kappa shape index (κ3) is 3.72. The fourth-order valence-electron chi connectivity index (χ4n) is 1.72. The topological polar surface area (TPSA) is 29.1 Å². The van der Waals surface area contributed by atoms with E-state index < -0.39 is 17.6 Å². The van der Waals surface area contributed by atoms with E-state index in [1.807, 2.05) is 0 Å². The van der Waals surface area contributed by atoms with Gasteiger partial charge in [0.1, 0.15) is 0 Å². The number of nitrogens with one attached hydrogen (secondary N) is 1. The SMILES string of the molecule is Cc1ccc(C(=O)Nc2ccc(C(F)(F)F)cc2Cl)cc1Cl. The van der Waals surface area contributed by atoms with Gasteiger partial charge in [-0.25, -0.2) is 0 Å². The van der Waals surface area contributed by atoms with E-state index in [1.54, 1.807) is 19.1 Å². The first-order chi connectivity index (χ1) is 10.2. The van der Waals surface area contributed by atoms with Crippen LogP contribution in [0, 0.1) is 6.92 Å². The van der Waals surface area contributed by atoms with Gasteiger partial charge in [0.05, 0.1) is 16.3 Å². The Bertz CT molecular complexity index is 729. The highest BCUT2D eigenvalue weighted by Crippen LogP contribution is 2.33. The fourth-order valence-corrected chi connectivity index (χ4v) is 2.13. The number of carbonyl (C=O) groups is 1. The number of carbonyl (C=O) groups excluding carboxylic acids is 1. The highest BCUT2D eigenvalue weighted by Gasteiger charge is 2.31. The number of hydrogen-bond donors (Lipinski definition) is 1. The van der Waals surface area contributed by atoms with Crippen LogP contribution in [0.2, 0.25) is 10.0 Å². The molecule has 0 aliphatic carbocycles. The van der Waals surface area contributed by atoms with Crippen LogP contribution in [0.15, 0.2) is 36.4 Å². The average molecular weight is 348 g/mol. The van der Waals surface area contributed by atoms with Crippen molar-refractivity contribution in [2.45, 2.75) is 13.1 Å². The summed E-state index contributed by atoms with van der Waals surface area (Å²) in [5, 5.41) is 2.68. The maximum Gasteiger partial charge on any atom is 0.416 e. The van der Waals surface area contributed by atoms with Gasteiger partial charge >= 0.3 is 6.18 Å². The minimum atomic E-state index is -4.49. The molecule has 0 saturated heterocycles. The molecule has 0 atom stereocenters. The molecule has 0 radical (unpaired) electrons. The first kappa shape index (κ1) is 16.6. The van der Waals surface area contributed by atoms with Crippen LogP contribution in [0.4, 0.5) is 18.9 Å². The predicted molar refractivity (Wildman–Crippen MR) is 80.6 cm³/mol. The second-order valence-electron chi connectivity index (χ2n) is 4.61. The van der Waals surface area contributed by atoms with E-state index in [1.165, 1.54) is 6.07 Å². The number of benzene rings is 2. The summed E-state index contributed by atoms with van der Waals surface area (Å²) in [5.41, 5.74) is 0.308. The Hall–Kier alpha value is -1.72. The van der Waals surface area contributed by atoms with Crippen LogP contribution in [0.3, 0.4) is 0 Å². The van der Waals surface area contributed by atoms with E-state index in [0.717, 1.165) is 23.8 Å². The third-order valence-corrected chi connectivity index (χ3v) is 3.70. The van der Waals surface area contributed by atoms with Gasteiger partial charge in [-0.15, -0.1) is 0 Å². The van der Waals surface area contributed by atoms with E-state index in [-0.39, 0.29) is 16.3 Å². The van der Waals surface area contributed by atoms with Crippen molar-refractivity contribution in [3.63, 3.8) is 0 Å². The quantitative estimate of drug-likeness (QED) is 0.755. The molecule has 0 aromatic heterocycles. The first-order valence-electron chi connectivity index (χ1n) is 6.13. The summed E-state index contributed by atoms with van der Waals surface area (Å²) < 4.78 is 37.6. The number of amides is 1. The van der Waals surface area contributed by atoms with Crippen LogP contribution in [-0.2, 0) is 6.18 Å². The van der Waals surface area contributed by atoms with Crippen LogP contribution >= 0.6 is 23.2 Å². The number of hydrogen-bond acceptors (Lipinski definition) is 1. The monoisotopic (exact) mass is 347 g/mol. The first-order valence-corrected chi connectivity index (χ1v) is 6.88. The molecule has 0 aliphatic heterocycles. The molecule has 0 saturated carbocycles. The Morgan fingerprint density at radius 1 is 1.05 bits per heavy atom. The minimum absolute atomic E-state index is 0.0939. The Morgan fingerprint density at radius 2 is 1.73 bits per heavy atom. The Kier molecular flexibility index (Phi) is 4.68. The molecule has 1 N–H and O–H groups in total. The number of anilines is 1. The molecule has 0 aliphatic rings.